The molecule has 12 aromatic carbocycles. The summed E-state index contributed by atoms with van der Waals surface area (Å²) in [6.45, 7) is 0. The zero-order chi connectivity index (χ0) is 45.0. The Labute approximate surface area is 395 Å². The molecule has 13 rings (SSSR count). The van der Waals surface area contributed by atoms with E-state index in [-0.39, 0.29) is 0 Å². The van der Waals surface area contributed by atoms with Crippen molar-refractivity contribution in [3.63, 3.8) is 0 Å². The molecule has 2 heteroatoms. The van der Waals surface area contributed by atoms with Crippen LogP contribution in [0.4, 0.5) is 17.1 Å². The highest BCUT2D eigenvalue weighted by atomic mass is 15.1. The standard InChI is InChI=1S/C66H44N2/c1-2-22-53(23-3-1)68-65-32-9-8-28-63(65)64-40-36-50(44-66(64)68)49-19-11-24-55(42-49)67(56-25-12-21-52(43-56)60-30-14-31-61-58-27-7-5-16-47(58)35-39-62(60)61)54-37-33-45(34-38-54)48-18-10-20-51(41-48)59-29-13-17-46-15-4-6-26-57(46)59/h1-44H. The third-order valence-electron chi connectivity index (χ3n) is 13.7. The van der Waals surface area contributed by atoms with Crippen molar-refractivity contribution < 1.29 is 0 Å². The Morgan fingerprint density at radius 3 is 1.53 bits per heavy atom. The van der Waals surface area contributed by atoms with Crippen LogP contribution in [0.15, 0.2) is 267 Å². The van der Waals surface area contributed by atoms with Crippen molar-refractivity contribution in [1.82, 2.24) is 4.57 Å². The summed E-state index contributed by atoms with van der Waals surface area (Å²) < 4.78 is 2.39. The van der Waals surface area contributed by atoms with Crippen LogP contribution in [0.1, 0.15) is 0 Å². The van der Waals surface area contributed by atoms with E-state index >= 15 is 0 Å². The van der Waals surface area contributed by atoms with E-state index in [1.54, 1.807) is 0 Å². The first-order valence-corrected chi connectivity index (χ1v) is 23.4. The second-order valence-corrected chi connectivity index (χ2v) is 17.7. The van der Waals surface area contributed by atoms with Crippen LogP contribution in [0.2, 0.25) is 0 Å². The molecule has 0 N–H and O–H groups in total. The zero-order valence-corrected chi connectivity index (χ0v) is 37.3. The highest BCUT2D eigenvalue weighted by Crippen LogP contribution is 2.42. The molecule has 0 saturated carbocycles. The van der Waals surface area contributed by atoms with E-state index < -0.39 is 0 Å². The zero-order valence-electron chi connectivity index (χ0n) is 37.3. The van der Waals surface area contributed by atoms with E-state index in [9.17, 15) is 0 Å². The third kappa shape index (κ3) is 6.82. The second-order valence-electron chi connectivity index (χ2n) is 17.7. The number of anilines is 3. The van der Waals surface area contributed by atoms with Crippen LogP contribution in [-0.4, -0.2) is 4.57 Å². The smallest absolute Gasteiger partial charge is 0.0547 e. The maximum Gasteiger partial charge on any atom is 0.0547 e. The summed E-state index contributed by atoms with van der Waals surface area (Å²) in [4.78, 5) is 2.41. The average Bonchev–Trinajstić information content (AvgIpc) is 3.75. The quantitative estimate of drug-likeness (QED) is 0.138. The lowest BCUT2D eigenvalue weighted by molar-refractivity contribution is 1.18. The van der Waals surface area contributed by atoms with Gasteiger partial charge in [0.2, 0.25) is 0 Å². The summed E-state index contributed by atoms with van der Waals surface area (Å²) in [6, 6.07) is 97.5. The second kappa shape index (κ2) is 16.5. The first-order valence-electron chi connectivity index (χ1n) is 23.4. The normalized spacial score (nSPS) is 11.5. The predicted octanol–water partition coefficient (Wildman–Crippen LogP) is 18.4. The molecular weight excluding hydrogens is 821 g/mol. The van der Waals surface area contributed by atoms with Gasteiger partial charge in [0.25, 0.3) is 0 Å². The molecule has 0 aliphatic carbocycles. The van der Waals surface area contributed by atoms with Crippen LogP contribution in [-0.2, 0) is 0 Å². The number of fused-ring (bicyclic) bond motifs is 7. The van der Waals surface area contributed by atoms with Crippen LogP contribution in [0, 0.1) is 0 Å². The number of para-hydroxylation sites is 2. The van der Waals surface area contributed by atoms with Crippen LogP contribution in [0.3, 0.4) is 0 Å². The van der Waals surface area contributed by atoms with Gasteiger partial charge in [-0.05, 0) is 144 Å². The number of aromatic nitrogens is 1. The summed E-state index contributed by atoms with van der Waals surface area (Å²) in [5.41, 5.74) is 16.3. The van der Waals surface area contributed by atoms with Crippen molar-refractivity contribution in [3.8, 4) is 50.2 Å². The molecule has 2 nitrogen and oxygen atoms in total. The third-order valence-corrected chi connectivity index (χ3v) is 13.7. The van der Waals surface area contributed by atoms with Gasteiger partial charge in [-0.15, -0.1) is 0 Å². The highest BCUT2D eigenvalue weighted by Gasteiger charge is 2.18. The largest absolute Gasteiger partial charge is 0.310 e. The van der Waals surface area contributed by atoms with Crippen LogP contribution in [0.25, 0.3) is 104 Å². The number of benzene rings is 12. The van der Waals surface area contributed by atoms with Crippen LogP contribution < -0.4 is 4.90 Å². The molecule has 318 valence electrons. The minimum absolute atomic E-state index is 1.08. The lowest BCUT2D eigenvalue weighted by Gasteiger charge is -2.27. The van der Waals surface area contributed by atoms with Crippen molar-refractivity contribution in [1.29, 1.82) is 0 Å². The van der Waals surface area contributed by atoms with Gasteiger partial charge >= 0.3 is 0 Å². The van der Waals surface area contributed by atoms with Gasteiger partial charge in [0.05, 0.1) is 11.0 Å². The maximum atomic E-state index is 2.41. The molecule has 0 aliphatic heterocycles. The first kappa shape index (κ1) is 39.4. The Kier molecular flexibility index (Phi) is 9.54. The molecule has 0 unspecified atom stereocenters. The highest BCUT2D eigenvalue weighted by molar-refractivity contribution is 6.13. The molecule has 0 amide bonds. The molecule has 0 aliphatic rings. The molecule has 13 aromatic rings. The Hall–Kier alpha value is -8.98. The molecule has 0 atom stereocenters. The van der Waals surface area contributed by atoms with E-state index in [1.807, 2.05) is 0 Å². The van der Waals surface area contributed by atoms with Gasteiger partial charge < -0.3 is 9.47 Å². The van der Waals surface area contributed by atoms with Gasteiger partial charge in [0.1, 0.15) is 0 Å². The number of hydrogen-bond acceptors (Lipinski definition) is 1. The van der Waals surface area contributed by atoms with Crippen LogP contribution in [0.5, 0.6) is 0 Å². The van der Waals surface area contributed by atoms with Crippen molar-refractivity contribution >= 4 is 71.2 Å². The van der Waals surface area contributed by atoms with E-state index in [0.717, 1.165) is 33.9 Å². The summed E-state index contributed by atoms with van der Waals surface area (Å²) in [6.07, 6.45) is 0. The molecule has 68 heavy (non-hydrogen) atoms. The number of nitrogens with zero attached hydrogens (tertiary/aromatic N) is 2. The van der Waals surface area contributed by atoms with Crippen molar-refractivity contribution in [2.75, 3.05) is 4.90 Å². The van der Waals surface area contributed by atoms with Gasteiger partial charge in [-0.25, -0.2) is 0 Å². The topological polar surface area (TPSA) is 8.17 Å². The summed E-state index contributed by atoms with van der Waals surface area (Å²) in [5.74, 6) is 0. The summed E-state index contributed by atoms with van der Waals surface area (Å²) in [5, 5.41) is 10.0. The summed E-state index contributed by atoms with van der Waals surface area (Å²) >= 11 is 0. The molecule has 0 radical (unpaired) electrons. The van der Waals surface area contributed by atoms with Crippen LogP contribution >= 0.6 is 0 Å². The lowest BCUT2D eigenvalue weighted by Crippen LogP contribution is -2.10. The molecule has 0 spiro atoms. The van der Waals surface area contributed by atoms with Crippen molar-refractivity contribution in [2.45, 2.75) is 0 Å². The molecule has 1 heterocycles. The maximum absolute atomic E-state index is 2.41. The van der Waals surface area contributed by atoms with E-state index in [2.05, 4.69) is 276 Å². The minimum Gasteiger partial charge on any atom is -0.310 e. The fraction of sp³-hybridized carbons (Fsp3) is 0. The van der Waals surface area contributed by atoms with Gasteiger partial charge in [-0.2, -0.15) is 0 Å². The van der Waals surface area contributed by atoms with Gasteiger partial charge in [-0.3, -0.25) is 0 Å². The molecule has 0 bridgehead atoms. The SMILES string of the molecule is c1ccc(-n2c3ccccc3c3ccc(-c4cccc(N(c5ccc(-c6cccc(-c7cccc8ccccc78)c6)cc5)c5cccc(-c6cccc7c6ccc6ccccc67)c5)c4)cc32)cc1. The predicted molar refractivity (Wildman–Crippen MR) is 290 cm³/mol. The Morgan fingerprint density at radius 2 is 0.735 bits per heavy atom. The monoisotopic (exact) mass is 864 g/mol. The number of hydrogen-bond donors (Lipinski definition) is 0. The van der Waals surface area contributed by atoms with Crippen molar-refractivity contribution in [2.24, 2.45) is 0 Å². The molecular formula is C66H44N2. The molecule has 0 fully saturated rings. The fourth-order valence-electron chi connectivity index (χ4n) is 10.5. The fourth-order valence-corrected chi connectivity index (χ4v) is 10.5. The average molecular weight is 865 g/mol. The lowest BCUT2D eigenvalue weighted by atomic mass is 9.94. The number of rotatable bonds is 8. The summed E-state index contributed by atoms with van der Waals surface area (Å²) in [7, 11) is 0. The van der Waals surface area contributed by atoms with E-state index in [4.69, 9.17) is 0 Å². The van der Waals surface area contributed by atoms with Gasteiger partial charge in [-0.1, -0.05) is 200 Å². The van der Waals surface area contributed by atoms with Crippen molar-refractivity contribution in [3.05, 3.63) is 267 Å². The van der Waals surface area contributed by atoms with E-state index in [1.165, 1.54) is 87.5 Å². The van der Waals surface area contributed by atoms with Gasteiger partial charge in [0, 0.05) is 33.5 Å². The molecule has 0 saturated heterocycles. The van der Waals surface area contributed by atoms with E-state index in [0.29, 0.717) is 0 Å². The Bertz CT molecular complexity index is 4020. The molecule has 1 aromatic heterocycles. The minimum atomic E-state index is 1.08. The van der Waals surface area contributed by atoms with Gasteiger partial charge in [0.15, 0.2) is 0 Å². The first-order chi connectivity index (χ1) is 33.7. The Balaban J connectivity index is 0.939. The Morgan fingerprint density at radius 1 is 0.235 bits per heavy atom.